The Morgan fingerprint density at radius 3 is 2.65 bits per heavy atom. The smallest absolute Gasteiger partial charge is 0.307 e. The average molecular weight is 239 g/mol. The lowest BCUT2D eigenvalue weighted by molar-refractivity contribution is -0.138. The van der Waals surface area contributed by atoms with E-state index < -0.39 is 5.54 Å². The van der Waals surface area contributed by atoms with Crippen LogP contribution in [0.2, 0.25) is 0 Å². The molecule has 1 spiro atoms. The second-order valence-corrected chi connectivity index (χ2v) is 4.61. The fourth-order valence-electron chi connectivity index (χ4n) is 2.56. The summed E-state index contributed by atoms with van der Waals surface area (Å²) in [4.78, 5) is 22.5. The summed E-state index contributed by atoms with van der Waals surface area (Å²) in [5.74, 6) is -0.109. The monoisotopic (exact) mass is 239 g/mol. The van der Waals surface area contributed by atoms with Gasteiger partial charge in [-0.1, -0.05) is 0 Å². The number of methoxy groups -OCH3 is 1. The van der Waals surface area contributed by atoms with Gasteiger partial charge in [-0.2, -0.15) is 0 Å². The highest BCUT2D eigenvalue weighted by Crippen LogP contribution is 2.38. The summed E-state index contributed by atoms with van der Waals surface area (Å²) in [6.45, 7) is 1.35. The van der Waals surface area contributed by atoms with Gasteiger partial charge >= 0.3 is 5.97 Å². The van der Waals surface area contributed by atoms with Gasteiger partial charge in [0.2, 0.25) is 5.91 Å². The second-order valence-electron chi connectivity index (χ2n) is 4.61. The summed E-state index contributed by atoms with van der Waals surface area (Å²) in [7, 11) is 1.69. The first-order chi connectivity index (χ1) is 8.05. The van der Waals surface area contributed by atoms with Crippen molar-refractivity contribution < 1.29 is 19.1 Å². The van der Waals surface area contributed by atoms with Crippen molar-refractivity contribution in [2.75, 3.05) is 7.11 Å². The molecule has 94 valence electrons. The van der Waals surface area contributed by atoms with Crippen molar-refractivity contribution in [3.63, 3.8) is 0 Å². The molecule has 17 heavy (non-hydrogen) atoms. The minimum atomic E-state index is -0.488. The van der Waals surface area contributed by atoms with Crippen molar-refractivity contribution in [3.05, 3.63) is 11.8 Å². The Hall–Kier alpha value is -1.36. The van der Waals surface area contributed by atoms with E-state index in [9.17, 15) is 9.59 Å². The molecule has 1 N–H and O–H groups in total. The molecule has 0 aromatic heterocycles. The molecule has 0 bridgehead atoms. The summed E-state index contributed by atoms with van der Waals surface area (Å²) >= 11 is 0. The predicted molar refractivity (Wildman–Crippen MR) is 60.0 cm³/mol. The van der Waals surface area contributed by atoms with E-state index >= 15 is 0 Å². The first-order valence-corrected chi connectivity index (χ1v) is 5.81. The van der Waals surface area contributed by atoms with Gasteiger partial charge in [-0.05, 0) is 25.7 Å². The van der Waals surface area contributed by atoms with Gasteiger partial charge in [0.25, 0.3) is 0 Å². The third-order valence-electron chi connectivity index (χ3n) is 3.47. The molecular formula is C12H17NO4. The number of hydrogen-bond donors (Lipinski definition) is 1. The molecule has 5 nitrogen and oxygen atoms in total. The topological polar surface area (TPSA) is 64.6 Å². The van der Waals surface area contributed by atoms with Crippen LogP contribution in [0.15, 0.2) is 11.8 Å². The van der Waals surface area contributed by atoms with Gasteiger partial charge in [0.05, 0.1) is 11.6 Å². The Morgan fingerprint density at radius 2 is 2.12 bits per heavy atom. The largest absolute Gasteiger partial charge is 0.428 e. The summed E-state index contributed by atoms with van der Waals surface area (Å²) in [6, 6.07) is 0. The Labute approximate surface area is 100 Å². The summed E-state index contributed by atoms with van der Waals surface area (Å²) < 4.78 is 10.4. The van der Waals surface area contributed by atoms with Gasteiger partial charge in [-0.3, -0.25) is 9.59 Å². The lowest BCUT2D eigenvalue weighted by atomic mass is 9.80. The molecule has 0 aromatic rings. The van der Waals surface area contributed by atoms with E-state index in [0.717, 1.165) is 25.7 Å². The zero-order chi connectivity index (χ0) is 12.5. The molecule has 1 saturated carbocycles. The minimum Gasteiger partial charge on any atom is -0.428 e. The standard InChI is InChI=1S/C12H17NO4/c1-8(14)17-10-7-11(15)13-12(10)5-3-9(16-2)4-6-12/h7,9H,3-6H2,1-2H3,(H,13,15). The first kappa shape index (κ1) is 12.1. The molecule has 0 radical (unpaired) electrons. The zero-order valence-corrected chi connectivity index (χ0v) is 10.1. The van der Waals surface area contributed by atoms with Crippen molar-refractivity contribution in [2.24, 2.45) is 0 Å². The molecule has 0 saturated heterocycles. The van der Waals surface area contributed by atoms with E-state index in [2.05, 4.69) is 5.32 Å². The molecule has 0 unspecified atom stereocenters. The van der Waals surface area contributed by atoms with Gasteiger partial charge in [-0.25, -0.2) is 0 Å². The van der Waals surface area contributed by atoms with Crippen LogP contribution >= 0.6 is 0 Å². The Bertz CT molecular complexity index is 367. The summed E-state index contributed by atoms with van der Waals surface area (Å²) in [5, 5.41) is 2.91. The maximum Gasteiger partial charge on any atom is 0.307 e. The van der Waals surface area contributed by atoms with Crippen LogP contribution in [0.1, 0.15) is 32.6 Å². The van der Waals surface area contributed by atoms with Gasteiger partial charge in [0, 0.05) is 20.1 Å². The molecule has 0 atom stereocenters. The molecule has 1 aliphatic carbocycles. The molecule has 1 aliphatic heterocycles. The highest BCUT2D eigenvalue weighted by atomic mass is 16.5. The van der Waals surface area contributed by atoms with E-state index in [1.165, 1.54) is 13.0 Å². The molecule has 0 aromatic carbocycles. The van der Waals surface area contributed by atoms with Crippen LogP contribution in [0.3, 0.4) is 0 Å². The number of rotatable bonds is 2. The molecule has 1 heterocycles. The molecular weight excluding hydrogens is 222 g/mol. The molecule has 1 fully saturated rings. The minimum absolute atomic E-state index is 0.183. The van der Waals surface area contributed by atoms with Crippen molar-refractivity contribution in [2.45, 2.75) is 44.2 Å². The SMILES string of the molecule is COC1CCC2(CC1)NC(=O)C=C2OC(C)=O. The molecule has 1 amide bonds. The van der Waals surface area contributed by atoms with E-state index in [1.807, 2.05) is 0 Å². The van der Waals surface area contributed by atoms with Gasteiger partial charge in [0.1, 0.15) is 5.76 Å². The summed E-state index contributed by atoms with van der Waals surface area (Å²) in [6.07, 6.45) is 4.82. The molecule has 2 aliphatic rings. The Morgan fingerprint density at radius 1 is 1.47 bits per heavy atom. The number of carbonyl (C=O) groups is 2. The second kappa shape index (κ2) is 4.49. The predicted octanol–water partition coefficient (Wildman–Crippen LogP) is 0.891. The van der Waals surface area contributed by atoms with E-state index in [0.29, 0.717) is 5.76 Å². The average Bonchev–Trinajstić information content (AvgIpc) is 2.55. The van der Waals surface area contributed by atoms with Crippen molar-refractivity contribution in [3.8, 4) is 0 Å². The third-order valence-corrected chi connectivity index (χ3v) is 3.47. The van der Waals surface area contributed by atoms with Crippen molar-refractivity contribution in [1.29, 1.82) is 0 Å². The maximum absolute atomic E-state index is 11.4. The van der Waals surface area contributed by atoms with Crippen LogP contribution < -0.4 is 5.32 Å². The lowest BCUT2D eigenvalue weighted by Crippen LogP contribution is -2.49. The zero-order valence-electron chi connectivity index (χ0n) is 10.1. The quantitative estimate of drug-likeness (QED) is 0.727. The number of amides is 1. The fraction of sp³-hybridized carbons (Fsp3) is 0.667. The number of carbonyl (C=O) groups excluding carboxylic acids is 2. The van der Waals surface area contributed by atoms with Crippen molar-refractivity contribution >= 4 is 11.9 Å². The first-order valence-electron chi connectivity index (χ1n) is 5.81. The maximum atomic E-state index is 11.4. The molecule has 2 rings (SSSR count). The van der Waals surface area contributed by atoms with E-state index in [1.54, 1.807) is 7.11 Å². The van der Waals surface area contributed by atoms with Crippen molar-refractivity contribution in [1.82, 2.24) is 5.32 Å². The number of ether oxygens (including phenoxy) is 2. The van der Waals surface area contributed by atoms with E-state index in [4.69, 9.17) is 9.47 Å². The van der Waals surface area contributed by atoms with Gasteiger partial charge < -0.3 is 14.8 Å². The summed E-state index contributed by atoms with van der Waals surface area (Å²) in [5.41, 5.74) is -0.488. The number of nitrogens with one attached hydrogen (secondary N) is 1. The third kappa shape index (κ3) is 2.34. The van der Waals surface area contributed by atoms with E-state index in [-0.39, 0.29) is 18.0 Å². The van der Waals surface area contributed by atoms with Crippen LogP contribution in [-0.2, 0) is 19.1 Å². The van der Waals surface area contributed by atoms with Crippen LogP contribution in [0, 0.1) is 0 Å². The van der Waals surface area contributed by atoms with Crippen LogP contribution in [0.25, 0.3) is 0 Å². The Balaban J connectivity index is 2.12. The highest BCUT2D eigenvalue weighted by molar-refractivity contribution is 5.93. The normalized spacial score (nSPS) is 32.2. The fourth-order valence-corrected chi connectivity index (χ4v) is 2.56. The molecule has 5 heteroatoms. The van der Waals surface area contributed by atoms with Gasteiger partial charge in [-0.15, -0.1) is 0 Å². The van der Waals surface area contributed by atoms with Gasteiger partial charge in [0.15, 0.2) is 0 Å². The number of hydrogen-bond acceptors (Lipinski definition) is 4. The van der Waals surface area contributed by atoms with Crippen LogP contribution in [0.4, 0.5) is 0 Å². The highest BCUT2D eigenvalue weighted by Gasteiger charge is 2.45. The Kier molecular flexibility index (Phi) is 3.19. The number of esters is 1. The van der Waals surface area contributed by atoms with Crippen LogP contribution in [-0.4, -0.2) is 30.6 Å². The lowest BCUT2D eigenvalue weighted by Gasteiger charge is -2.37. The van der Waals surface area contributed by atoms with Crippen LogP contribution in [0.5, 0.6) is 0 Å².